The lowest BCUT2D eigenvalue weighted by atomic mass is 9.66. The SMILES string of the molecule is CC1(C)c2ccccc2-c2ccc(N(c3ccc(-c4ccccc4)cc3)c3ccc(-c4ccc(-c5ccc6c(c5)C5(CC7CCC5C7)c5ccccc5-6)cc4)cc3)cc21. The summed E-state index contributed by atoms with van der Waals surface area (Å²) in [5.41, 5.74) is 22.6. The summed E-state index contributed by atoms with van der Waals surface area (Å²) in [7, 11) is 0. The summed E-state index contributed by atoms with van der Waals surface area (Å²) in [5, 5.41) is 0. The van der Waals surface area contributed by atoms with Gasteiger partial charge >= 0.3 is 0 Å². The van der Waals surface area contributed by atoms with Crippen molar-refractivity contribution in [1.29, 1.82) is 0 Å². The molecule has 2 saturated carbocycles. The summed E-state index contributed by atoms with van der Waals surface area (Å²) in [4.78, 5) is 2.41. The van der Waals surface area contributed by atoms with Crippen LogP contribution in [0.3, 0.4) is 0 Å². The molecule has 3 unspecified atom stereocenters. The average Bonchev–Trinajstić information content (AvgIpc) is 4.04. The molecule has 4 aliphatic rings. The third kappa shape index (κ3) is 5.23. The van der Waals surface area contributed by atoms with Crippen LogP contribution in [0.4, 0.5) is 17.1 Å². The smallest absolute Gasteiger partial charge is 0.0465 e. The quantitative estimate of drug-likeness (QED) is 0.163. The molecule has 3 atom stereocenters. The second kappa shape index (κ2) is 13.0. The minimum atomic E-state index is -0.0802. The molecule has 0 radical (unpaired) electrons. The number of nitrogens with zero attached hydrogens (tertiary/aromatic N) is 1. The molecule has 8 aromatic carbocycles. The van der Waals surface area contributed by atoms with E-state index in [1.807, 2.05) is 0 Å². The third-order valence-electron chi connectivity index (χ3n) is 14.8. The summed E-state index contributed by atoms with van der Waals surface area (Å²) in [6, 6.07) is 70.6. The van der Waals surface area contributed by atoms with Crippen molar-refractivity contribution in [2.24, 2.45) is 11.8 Å². The fourth-order valence-corrected chi connectivity index (χ4v) is 11.9. The first kappa shape index (κ1) is 34.6. The molecule has 1 spiro atoms. The maximum Gasteiger partial charge on any atom is 0.0465 e. The van der Waals surface area contributed by atoms with Gasteiger partial charge in [-0.3, -0.25) is 0 Å². The van der Waals surface area contributed by atoms with Gasteiger partial charge in [-0.05, 0) is 151 Å². The van der Waals surface area contributed by atoms with Crippen molar-refractivity contribution in [2.45, 2.75) is 50.4 Å². The zero-order valence-electron chi connectivity index (χ0n) is 33.8. The Balaban J connectivity index is 0.877. The predicted octanol–water partition coefficient (Wildman–Crippen LogP) is 15.6. The number of fused-ring (bicyclic) bond motifs is 11. The minimum absolute atomic E-state index is 0.0802. The van der Waals surface area contributed by atoms with Crippen LogP contribution < -0.4 is 4.90 Å². The molecule has 12 rings (SSSR count). The van der Waals surface area contributed by atoms with Gasteiger partial charge in [-0.25, -0.2) is 0 Å². The molecule has 2 fully saturated rings. The number of rotatable bonds is 6. The van der Waals surface area contributed by atoms with E-state index in [0.29, 0.717) is 0 Å². The molecule has 0 saturated heterocycles. The molecule has 2 bridgehead atoms. The highest BCUT2D eigenvalue weighted by atomic mass is 15.1. The van der Waals surface area contributed by atoms with Crippen molar-refractivity contribution in [1.82, 2.24) is 0 Å². The van der Waals surface area contributed by atoms with E-state index >= 15 is 0 Å². The minimum Gasteiger partial charge on any atom is -0.310 e. The third-order valence-corrected chi connectivity index (χ3v) is 14.8. The molecule has 8 aromatic rings. The number of anilines is 3. The maximum atomic E-state index is 2.56. The van der Waals surface area contributed by atoms with E-state index in [-0.39, 0.29) is 10.8 Å². The van der Waals surface area contributed by atoms with Crippen LogP contribution in [-0.2, 0) is 10.8 Å². The Hall–Kier alpha value is -6.44. The number of hydrogen-bond donors (Lipinski definition) is 0. The van der Waals surface area contributed by atoms with E-state index in [2.05, 4.69) is 207 Å². The van der Waals surface area contributed by atoms with Crippen LogP contribution >= 0.6 is 0 Å². The van der Waals surface area contributed by atoms with Gasteiger partial charge in [0.05, 0.1) is 0 Å². The highest BCUT2D eigenvalue weighted by molar-refractivity contribution is 5.87. The molecule has 4 aliphatic carbocycles. The lowest BCUT2D eigenvalue weighted by Crippen LogP contribution is -2.31. The Morgan fingerprint density at radius 2 is 0.864 bits per heavy atom. The summed E-state index contributed by atoms with van der Waals surface area (Å²) < 4.78 is 0. The van der Waals surface area contributed by atoms with Crippen molar-refractivity contribution in [3.8, 4) is 55.6 Å². The summed E-state index contributed by atoms with van der Waals surface area (Å²) in [6.07, 6.45) is 5.49. The normalized spacial score (nSPS) is 20.0. The predicted molar refractivity (Wildman–Crippen MR) is 247 cm³/mol. The molecule has 1 nitrogen and oxygen atoms in total. The standard InChI is InChI=1S/C58H47N/c1-57(2)53-14-8-6-12-49(53)51-33-31-48(36-55(51)57)59(46-27-21-41(22-28-46)39-10-4-3-5-11-39)47-29-23-42(24-30-47)40-17-19-43(20-18-40)44-25-32-52-50-13-7-9-15-54(50)58(56(52)35-44)37-38-16-26-45(58)34-38/h3-15,17-25,27-33,35-36,38,45H,16,26,34,37H2,1-2H3. The second-order valence-corrected chi connectivity index (χ2v) is 18.1. The maximum absolute atomic E-state index is 2.56. The van der Waals surface area contributed by atoms with Crippen LogP contribution in [0.1, 0.15) is 61.8 Å². The van der Waals surface area contributed by atoms with E-state index in [1.165, 1.54) is 98.1 Å². The van der Waals surface area contributed by atoms with Crippen LogP contribution in [0, 0.1) is 11.8 Å². The molecule has 0 aliphatic heterocycles. The molecule has 0 N–H and O–H groups in total. The van der Waals surface area contributed by atoms with Crippen LogP contribution in [0.25, 0.3) is 55.6 Å². The highest BCUT2D eigenvalue weighted by Crippen LogP contribution is 2.66. The average molecular weight is 758 g/mol. The molecular weight excluding hydrogens is 711 g/mol. The van der Waals surface area contributed by atoms with Gasteiger partial charge in [0.15, 0.2) is 0 Å². The molecule has 0 aromatic heterocycles. The monoisotopic (exact) mass is 757 g/mol. The Bertz CT molecular complexity index is 2900. The molecule has 284 valence electrons. The van der Waals surface area contributed by atoms with E-state index in [0.717, 1.165) is 23.2 Å². The summed E-state index contributed by atoms with van der Waals surface area (Å²) in [6.45, 7) is 4.72. The van der Waals surface area contributed by atoms with Crippen molar-refractivity contribution in [2.75, 3.05) is 4.90 Å². The van der Waals surface area contributed by atoms with Gasteiger partial charge in [0.1, 0.15) is 0 Å². The van der Waals surface area contributed by atoms with Gasteiger partial charge in [0, 0.05) is 27.9 Å². The number of benzene rings is 8. The van der Waals surface area contributed by atoms with Gasteiger partial charge in [-0.2, -0.15) is 0 Å². The molecule has 0 heterocycles. The Kier molecular flexibility index (Phi) is 7.64. The topological polar surface area (TPSA) is 3.24 Å². The molecule has 59 heavy (non-hydrogen) atoms. The molecule has 0 amide bonds. The van der Waals surface area contributed by atoms with Crippen molar-refractivity contribution in [3.63, 3.8) is 0 Å². The van der Waals surface area contributed by atoms with E-state index in [1.54, 1.807) is 11.1 Å². The van der Waals surface area contributed by atoms with E-state index in [4.69, 9.17) is 0 Å². The fourth-order valence-electron chi connectivity index (χ4n) is 11.9. The van der Waals surface area contributed by atoms with Gasteiger partial charge in [0.2, 0.25) is 0 Å². The first-order chi connectivity index (χ1) is 29.0. The van der Waals surface area contributed by atoms with Crippen LogP contribution in [0.15, 0.2) is 188 Å². The van der Waals surface area contributed by atoms with Crippen LogP contribution in [0.2, 0.25) is 0 Å². The van der Waals surface area contributed by atoms with Crippen molar-refractivity contribution in [3.05, 3.63) is 210 Å². The Morgan fingerprint density at radius 3 is 1.49 bits per heavy atom. The Labute approximate surface area is 348 Å². The van der Waals surface area contributed by atoms with Crippen LogP contribution in [0.5, 0.6) is 0 Å². The highest BCUT2D eigenvalue weighted by Gasteiger charge is 2.56. The summed E-state index contributed by atoms with van der Waals surface area (Å²) in [5.74, 6) is 1.64. The van der Waals surface area contributed by atoms with Crippen molar-refractivity contribution >= 4 is 17.1 Å². The first-order valence-electron chi connectivity index (χ1n) is 21.6. The lowest BCUT2D eigenvalue weighted by molar-refractivity contribution is 0.327. The lowest BCUT2D eigenvalue weighted by Gasteiger charge is -2.36. The zero-order valence-corrected chi connectivity index (χ0v) is 33.8. The first-order valence-corrected chi connectivity index (χ1v) is 21.6. The van der Waals surface area contributed by atoms with E-state index < -0.39 is 0 Å². The van der Waals surface area contributed by atoms with Crippen LogP contribution in [-0.4, -0.2) is 0 Å². The Morgan fingerprint density at radius 1 is 0.390 bits per heavy atom. The zero-order chi connectivity index (χ0) is 39.3. The largest absolute Gasteiger partial charge is 0.310 e. The van der Waals surface area contributed by atoms with Gasteiger partial charge < -0.3 is 4.90 Å². The second-order valence-electron chi connectivity index (χ2n) is 18.1. The van der Waals surface area contributed by atoms with Gasteiger partial charge in [0.25, 0.3) is 0 Å². The number of hydrogen-bond acceptors (Lipinski definition) is 1. The molecule has 1 heteroatoms. The molecular formula is C58H47N. The van der Waals surface area contributed by atoms with E-state index in [9.17, 15) is 0 Å². The van der Waals surface area contributed by atoms with Gasteiger partial charge in [-0.15, -0.1) is 0 Å². The summed E-state index contributed by atoms with van der Waals surface area (Å²) >= 11 is 0. The van der Waals surface area contributed by atoms with Crippen molar-refractivity contribution < 1.29 is 0 Å². The van der Waals surface area contributed by atoms with Gasteiger partial charge in [-0.1, -0.05) is 166 Å². The fraction of sp³-hybridized carbons (Fsp3) is 0.172.